The molecule has 0 atom stereocenters. The van der Waals surface area contributed by atoms with Gasteiger partial charge in [0.15, 0.2) is 0 Å². The molecule has 0 saturated heterocycles. The molecule has 6 heteroatoms. The van der Waals surface area contributed by atoms with E-state index in [1.54, 1.807) is 0 Å². The second-order valence-electron chi connectivity index (χ2n) is 1.46. The zero-order valence-corrected chi connectivity index (χ0v) is 5.81. The van der Waals surface area contributed by atoms with Crippen LogP contribution in [0.4, 0.5) is 0 Å². The SMILES string of the molecule is COC(=O)CC(=O)OC=[N+]=[N-]. The molecule has 0 fully saturated rings. The smallest absolute Gasteiger partial charge is 0.446 e. The number of rotatable bonds is 3. The Bertz CT molecular complexity index is 207. The Labute approximate surface area is 62.3 Å². The van der Waals surface area contributed by atoms with Gasteiger partial charge < -0.3 is 15.0 Å². The standard InChI is InChI=1S/C5H6N2O4/c1-10-4(8)2-5(9)11-3-7-6/h3H,2H2,1H3. The van der Waals surface area contributed by atoms with Crippen LogP contribution >= 0.6 is 0 Å². The van der Waals surface area contributed by atoms with Crippen LogP contribution in [0.2, 0.25) is 0 Å². The summed E-state index contributed by atoms with van der Waals surface area (Å²) in [5.74, 6) is -1.55. The lowest BCUT2D eigenvalue weighted by Gasteiger charge is -1.93. The molecule has 0 saturated carbocycles. The second kappa shape index (κ2) is 5.13. The minimum absolute atomic E-state index is 0.498. The van der Waals surface area contributed by atoms with E-state index in [-0.39, 0.29) is 0 Å². The first-order chi connectivity index (χ1) is 5.20. The van der Waals surface area contributed by atoms with Crippen molar-refractivity contribution in [2.24, 2.45) is 0 Å². The monoisotopic (exact) mass is 158 g/mol. The molecule has 0 aliphatic heterocycles. The quantitative estimate of drug-likeness (QED) is 0.136. The van der Waals surface area contributed by atoms with Crippen LogP contribution in [0, 0.1) is 0 Å². The van der Waals surface area contributed by atoms with Crippen LogP contribution < -0.4 is 0 Å². The average Bonchev–Trinajstić information content (AvgIpc) is 2.00. The van der Waals surface area contributed by atoms with Crippen molar-refractivity contribution in [2.75, 3.05) is 7.11 Å². The summed E-state index contributed by atoms with van der Waals surface area (Å²) in [6.07, 6.45) is 0.0216. The van der Waals surface area contributed by atoms with E-state index >= 15 is 0 Å². The molecular formula is C5H6N2O4. The number of esters is 2. The highest BCUT2D eigenvalue weighted by Gasteiger charge is 2.10. The van der Waals surface area contributed by atoms with Gasteiger partial charge >= 0.3 is 18.3 Å². The maximum Gasteiger partial charge on any atom is 0.446 e. The van der Waals surface area contributed by atoms with Gasteiger partial charge in [0.25, 0.3) is 0 Å². The summed E-state index contributed by atoms with van der Waals surface area (Å²) >= 11 is 0. The molecule has 0 N–H and O–H groups in total. The molecule has 0 rings (SSSR count). The van der Waals surface area contributed by atoms with E-state index in [4.69, 9.17) is 5.53 Å². The lowest BCUT2D eigenvalue weighted by molar-refractivity contribution is -0.150. The van der Waals surface area contributed by atoms with Crippen molar-refractivity contribution in [3.8, 4) is 0 Å². The fourth-order valence-corrected chi connectivity index (χ4v) is 0.314. The van der Waals surface area contributed by atoms with Crippen LogP contribution in [0.5, 0.6) is 0 Å². The van der Waals surface area contributed by atoms with Gasteiger partial charge in [-0.2, -0.15) is 0 Å². The van der Waals surface area contributed by atoms with Gasteiger partial charge in [0.1, 0.15) is 6.42 Å². The predicted molar refractivity (Wildman–Crippen MR) is 32.4 cm³/mol. The van der Waals surface area contributed by atoms with Crippen LogP contribution in [0.15, 0.2) is 0 Å². The Morgan fingerprint density at radius 2 is 2.18 bits per heavy atom. The molecular weight excluding hydrogens is 152 g/mol. The number of carbonyl (C=O) groups excluding carboxylic acids is 2. The Morgan fingerprint density at radius 1 is 1.55 bits per heavy atom. The van der Waals surface area contributed by atoms with Crippen LogP contribution in [-0.2, 0) is 19.1 Å². The van der Waals surface area contributed by atoms with E-state index in [2.05, 4.69) is 14.3 Å². The first-order valence-corrected chi connectivity index (χ1v) is 2.63. The Balaban J connectivity index is 3.69. The summed E-state index contributed by atoms with van der Waals surface area (Å²) in [5.41, 5.74) is 7.78. The third kappa shape index (κ3) is 4.80. The Hall–Kier alpha value is -1.68. The maximum absolute atomic E-state index is 10.4. The molecule has 0 radical (unpaired) electrons. The van der Waals surface area contributed by atoms with E-state index in [1.807, 2.05) is 0 Å². The van der Waals surface area contributed by atoms with Gasteiger partial charge in [-0.25, -0.2) is 0 Å². The normalized spacial score (nSPS) is 7.73. The van der Waals surface area contributed by atoms with Crippen LogP contribution in [0.3, 0.4) is 0 Å². The van der Waals surface area contributed by atoms with Crippen molar-refractivity contribution in [3.63, 3.8) is 0 Å². The highest BCUT2D eigenvalue weighted by molar-refractivity contribution is 5.93. The van der Waals surface area contributed by atoms with Gasteiger partial charge in [-0.05, 0) is 0 Å². The van der Waals surface area contributed by atoms with Gasteiger partial charge in [0, 0.05) is 0 Å². The van der Waals surface area contributed by atoms with Crippen molar-refractivity contribution in [1.29, 1.82) is 0 Å². The number of hydrogen-bond donors (Lipinski definition) is 0. The lowest BCUT2D eigenvalue weighted by atomic mass is 10.4. The van der Waals surface area contributed by atoms with E-state index in [9.17, 15) is 9.59 Å². The molecule has 0 spiro atoms. The van der Waals surface area contributed by atoms with Crippen molar-refractivity contribution in [1.82, 2.24) is 0 Å². The van der Waals surface area contributed by atoms with Crippen molar-refractivity contribution < 1.29 is 23.9 Å². The van der Waals surface area contributed by atoms with E-state index in [0.717, 1.165) is 7.11 Å². The van der Waals surface area contributed by atoms with Crippen molar-refractivity contribution >= 4 is 18.3 Å². The number of hydrogen-bond acceptors (Lipinski definition) is 4. The largest absolute Gasteiger partial charge is 0.469 e. The van der Waals surface area contributed by atoms with Gasteiger partial charge in [-0.1, -0.05) is 0 Å². The topological polar surface area (TPSA) is 89.0 Å². The zero-order chi connectivity index (χ0) is 8.69. The number of ether oxygens (including phenoxy) is 2. The van der Waals surface area contributed by atoms with Gasteiger partial charge in [0.2, 0.25) is 0 Å². The molecule has 0 aliphatic rings. The summed E-state index contributed by atoms with van der Waals surface area (Å²) in [5, 5.41) is 0. The predicted octanol–water partition coefficient (Wildman–Crippen LogP) is -0.649. The molecule has 0 amide bonds. The van der Waals surface area contributed by atoms with Gasteiger partial charge in [-0.15, -0.1) is 4.79 Å². The molecule has 0 unspecified atom stereocenters. The first kappa shape index (κ1) is 9.32. The fourth-order valence-electron chi connectivity index (χ4n) is 0.314. The van der Waals surface area contributed by atoms with Gasteiger partial charge in [-0.3, -0.25) is 9.59 Å². The molecule has 6 nitrogen and oxygen atoms in total. The summed E-state index contributed by atoms with van der Waals surface area (Å²) < 4.78 is 8.24. The molecule has 0 heterocycles. The third-order valence-corrected chi connectivity index (χ3v) is 0.748. The second-order valence-corrected chi connectivity index (χ2v) is 1.46. The summed E-state index contributed by atoms with van der Waals surface area (Å²) in [6, 6.07) is 0. The van der Waals surface area contributed by atoms with E-state index in [0.29, 0.717) is 6.40 Å². The van der Waals surface area contributed by atoms with Crippen LogP contribution in [-0.4, -0.2) is 30.2 Å². The molecule has 11 heavy (non-hydrogen) atoms. The average molecular weight is 158 g/mol. The maximum atomic E-state index is 10.4. The summed E-state index contributed by atoms with van der Waals surface area (Å²) in [7, 11) is 1.15. The van der Waals surface area contributed by atoms with Gasteiger partial charge in [0.05, 0.1) is 7.11 Å². The number of methoxy groups -OCH3 is 1. The molecule has 0 aromatic rings. The van der Waals surface area contributed by atoms with Crippen molar-refractivity contribution in [2.45, 2.75) is 6.42 Å². The molecule has 0 bridgehead atoms. The lowest BCUT2D eigenvalue weighted by Crippen LogP contribution is -2.11. The molecule has 0 aromatic heterocycles. The highest BCUT2D eigenvalue weighted by Crippen LogP contribution is 1.86. The minimum Gasteiger partial charge on any atom is -0.469 e. The molecule has 0 aromatic carbocycles. The minimum atomic E-state index is -0.838. The third-order valence-electron chi connectivity index (χ3n) is 0.748. The van der Waals surface area contributed by atoms with E-state index < -0.39 is 18.4 Å². The van der Waals surface area contributed by atoms with Crippen LogP contribution in [0.25, 0.3) is 5.53 Å². The molecule has 60 valence electrons. The fraction of sp³-hybridized carbons (Fsp3) is 0.400. The highest BCUT2D eigenvalue weighted by atomic mass is 16.5. The number of nitrogens with zero attached hydrogens (tertiary/aromatic N) is 2. The summed E-state index contributed by atoms with van der Waals surface area (Å²) in [6.45, 7) is 0. The Morgan fingerprint density at radius 3 is 2.64 bits per heavy atom. The van der Waals surface area contributed by atoms with Crippen LogP contribution in [0.1, 0.15) is 6.42 Å². The van der Waals surface area contributed by atoms with E-state index in [1.165, 1.54) is 0 Å². The first-order valence-electron chi connectivity index (χ1n) is 2.63. The zero-order valence-electron chi connectivity index (χ0n) is 5.81. The summed E-state index contributed by atoms with van der Waals surface area (Å²) in [4.78, 5) is 23.2. The number of carbonyl (C=O) groups is 2. The Kier molecular flexibility index (Phi) is 4.35. The molecule has 0 aliphatic carbocycles. The van der Waals surface area contributed by atoms with Crippen molar-refractivity contribution in [3.05, 3.63) is 5.53 Å².